The summed E-state index contributed by atoms with van der Waals surface area (Å²) >= 11 is 12.0. The third kappa shape index (κ3) is 1.77. The Morgan fingerprint density at radius 1 is 1.12 bits per heavy atom. The van der Waals surface area contributed by atoms with Gasteiger partial charge in [-0.25, -0.2) is 9.97 Å². The van der Waals surface area contributed by atoms with Crippen LogP contribution in [0.1, 0.15) is 0 Å². The Morgan fingerprint density at radius 2 is 2.00 bits per heavy atom. The van der Waals surface area contributed by atoms with Crippen LogP contribution >= 0.6 is 23.2 Å². The van der Waals surface area contributed by atoms with Crippen LogP contribution in [0.3, 0.4) is 0 Å². The number of furan rings is 1. The minimum atomic E-state index is 0.374. The van der Waals surface area contributed by atoms with Gasteiger partial charge in [0.1, 0.15) is 17.7 Å². The minimum Gasteiger partial charge on any atom is -0.445 e. The van der Waals surface area contributed by atoms with Crippen molar-refractivity contribution >= 4 is 34.3 Å². The second-order valence-corrected chi connectivity index (χ2v) is 4.30. The highest BCUT2D eigenvalue weighted by Crippen LogP contribution is 2.33. The molecule has 3 rings (SSSR count). The smallest absolute Gasteiger partial charge is 0.231 e. The van der Waals surface area contributed by atoms with Gasteiger partial charge in [-0.15, -0.1) is 0 Å². The van der Waals surface area contributed by atoms with Crippen LogP contribution in [0.15, 0.2) is 41.3 Å². The monoisotopic (exact) mass is 264 g/mol. The molecule has 0 bridgehead atoms. The number of hydrogen-bond donors (Lipinski definition) is 0. The number of benzene rings is 1. The molecular weight excluding hydrogens is 259 g/mol. The van der Waals surface area contributed by atoms with Gasteiger partial charge >= 0.3 is 0 Å². The molecule has 0 fully saturated rings. The van der Waals surface area contributed by atoms with Crippen molar-refractivity contribution in [2.24, 2.45) is 0 Å². The highest BCUT2D eigenvalue weighted by molar-refractivity contribution is 6.35. The lowest BCUT2D eigenvalue weighted by molar-refractivity contribution is 0.603. The number of aromatic nitrogens is 2. The molecule has 0 saturated heterocycles. The lowest BCUT2D eigenvalue weighted by Gasteiger charge is -1.99. The van der Waals surface area contributed by atoms with Gasteiger partial charge in [-0.1, -0.05) is 35.3 Å². The van der Waals surface area contributed by atoms with Crippen LogP contribution in [-0.2, 0) is 0 Å². The average molecular weight is 265 g/mol. The molecule has 0 radical (unpaired) electrons. The topological polar surface area (TPSA) is 38.9 Å². The molecule has 0 aliphatic carbocycles. The molecule has 0 amide bonds. The van der Waals surface area contributed by atoms with Gasteiger partial charge in [-0.3, -0.25) is 0 Å². The molecule has 0 N–H and O–H groups in total. The zero-order valence-electron chi connectivity index (χ0n) is 8.52. The average Bonchev–Trinajstić information content (AvgIpc) is 2.74. The molecule has 5 heteroatoms. The van der Waals surface area contributed by atoms with Crippen LogP contribution in [-0.4, -0.2) is 9.97 Å². The van der Waals surface area contributed by atoms with E-state index in [9.17, 15) is 0 Å². The molecule has 0 atom stereocenters. The first-order valence-corrected chi connectivity index (χ1v) is 5.65. The fourth-order valence-corrected chi connectivity index (χ4v) is 2.12. The number of fused-ring (bicyclic) bond motifs is 1. The molecule has 3 nitrogen and oxygen atoms in total. The van der Waals surface area contributed by atoms with Crippen molar-refractivity contribution in [2.75, 3.05) is 0 Å². The molecule has 17 heavy (non-hydrogen) atoms. The minimum absolute atomic E-state index is 0.374. The molecule has 84 valence electrons. The number of nitrogens with zero attached hydrogens (tertiary/aromatic N) is 2. The second kappa shape index (κ2) is 4.02. The Bertz CT molecular complexity index is 694. The Balaban J connectivity index is 2.31. The van der Waals surface area contributed by atoms with Crippen LogP contribution in [0.2, 0.25) is 10.2 Å². The summed E-state index contributed by atoms with van der Waals surface area (Å²) in [7, 11) is 0. The quantitative estimate of drug-likeness (QED) is 0.619. The third-order valence-corrected chi connectivity index (χ3v) is 2.98. The summed E-state index contributed by atoms with van der Waals surface area (Å²) in [6, 6.07) is 7.45. The maximum absolute atomic E-state index is 6.05. The van der Waals surface area contributed by atoms with E-state index in [0.717, 1.165) is 11.1 Å². The van der Waals surface area contributed by atoms with E-state index in [-0.39, 0.29) is 0 Å². The molecule has 0 aliphatic rings. The van der Waals surface area contributed by atoms with Crippen LogP contribution in [0, 0.1) is 0 Å². The van der Waals surface area contributed by atoms with Gasteiger partial charge in [0.25, 0.3) is 0 Å². The Hall–Kier alpha value is -1.58. The van der Waals surface area contributed by atoms with Gasteiger partial charge in [0.2, 0.25) is 5.71 Å². The number of hydrogen-bond acceptors (Lipinski definition) is 3. The highest BCUT2D eigenvalue weighted by Gasteiger charge is 2.13. The summed E-state index contributed by atoms with van der Waals surface area (Å²) in [5.41, 5.74) is 2.24. The maximum atomic E-state index is 6.05. The van der Waals surface area contributed by atoms with E-state index in [4.69, 9.17) is 27.6 Å². The first-order valence-electron chi connectivity index (χ1n) is 4.89. The summed E-state index contributed by atoms with van der Waals surface area (Å²) in [5, 5.41) is 1.74. The van der Waals surface area contributed by atoms with Crippen LogP contribution in [0.5, 0.6) is 0 Å². The summed E-state index contributed by atoms with van der Waals surface area (Å²) < 4.78 is 5.35. The summed E-state index contributed by atoms with van der Waals surface area (Å²) in [4.78, 5) is 7.96. The standard InChI is InChI=1S/C12H6Cl2N2O/c13-8-3-1-2-7(4-8)9-5-17-12-10(9)11(14)15-6-16-12/h1-6H. The predicted molar refractivity (Wildman–Crippen MR) is 67.3 cm³/mol. The van der Waals surface area contributed by atoms with E-state index in [1.54, 1.807) is 6.26 Å². The molecule has 0 saturated carbocycles. The van der Waals surface area contributed by atoms with Gasteiger partial charge in [0.15, 0.2) is 0 Å². The number of halogens is 2. The molecule has 2 aromatic heterocycles. The maximum Gasteiger partial charge on any atom is 0.231 e. The third-order valence-electron chi connectivity index (χ3n) is 2.46. The van der Waals surface area contributed by atoms with Gasteiger partial charge in [-0.05, 0) is 17.7 Å². The van der Waals surface area contributed by atoms with E-state index < -0.39 is 0 Å². The molecule has 0 aliphatic heterocycles. The molecular formula is C12H6Cl2N2O. The predicted octanol–water partition coefficient (Wildman–Crippen LogP) is 4.20. The summed E-state index contributed by atoms with van der Waals surface area (Å²) in [5.74, 6) is 0. The van der Waals surface area contributed by atoms with Crippen molar-refractivity contribution in [1.29, 1.82) is 0 Å². The molecule has 3 aromatic rings. The summed E-state index contributed by atoms with van der Waals surface area (Å²) in [6.45, 7) is 0. The SMILES string of the molecule is Clc1cccc(-c2coc3ncnc(Cl)c23)c1. The lowest BCUT2D eigenvalue weighted by atomic mass is 10.1. The van der Waals surface area contributed by atoms with Crippen LogP contribution < -0.4 is 0 Å². The van der Waals surface area contributed by atoms with Crippen molar-refractivity contribution in [3.05, 3.63) is 47.0 Å². The van der Waals surface area contributed by atoms with Crippen molar-refractivity contribution in [2.45, 2.75) is 0 Å². The van der Waals surface area contributed by atoms with E-state index in [1.165, 1.54) is 6.33 Å². The molecule has 1 aromatic carbocycles. The first kappa shape index (κ1) is 10.6. The fraction of sp³-hybridized carbons (Fsp3) is 0. The van der Waals surface area contributed by atoms with E-state index >= 15 is 0 Å². The van der Waals surface area contributed by atoms with Crippen molar-refractivity contribution in [3.8, 4) is 11.1 Å². The molecule has 0 spiro atoms. The largest absolute Gasteiger partial charge is 0.445 e. The molecule has 2 heterocycles. The lowest BCUT2D eigenvalue weighted by Crippen LogP contribution is -1.81. The van der Waals surface area contributed by atoms with Crippen LogP contribution in [0.25, 0.3) is 22.2 Å². The van der Waals surface area contributed by atoms with Crippen LogP contribution in [0.4, 0.5) is 0 Å². The fourth-order valence-electron chi connectivity index (χ4n) is 1.71. The van der Waals surface area contributed by atoms with Crippen molar-refractivity contribution in [3.63, 3.8) is 0 Å². The Labute approximate surface area is 107 Å². The van der Waals surface area contributed by atoms with Gasteiger partial charge < -0.3 is 4.42 Å². The normalized spacial score (nSPS) is 10.9. The van der Waals surface area contributed by atoms with E-state index in [0.29, 0.717) is 21.3 Å². The zero-order valence-corrected chi connectivity index (χ0v) is 10.0. The Kier molecular flexibility index (Phi) is 2.50. The van der Waals surface area contributed by atoms with E-state index in [1.807, 2.05) is 24.3 Å². The van der Waals surface area contributed by atoms with E-state index in [2.05, 4.69) is 9.97 Å². The van der Waals surface area contributed by atoms with Gasteiger partial charge in [0, 0.05) is 10.6 Å². The number of rotatable bonds is 1. The van der Waals surface area contributed by atoms with Crippen molar-refractivity contribution < 1.29 is 4.42 Å². The molecule has 0 unspecified atom stereocenters. The zero-order chi connectivity index (χ0) is 11.8. The second-order valence-electron chi connectivity index (χ2n) is 3.50. The van der Waals surface area contributed by atoms with Gasteiger partial charge in [0.05, 0.1) is 5.39 Å². The van der Waals surface area contributed by atoms with Crippen molar-refractivity contribution in [1.82, 2.24) is 9.97 Å². The highest BCUT2D eigenvalue weighted by atomic mass is 35.5. The Morgan fingerprint density at radius 3 is 2.82 bits per heavy atom. The first-order chi connectivity index (χ1) is 8.25. The van der Waals surface area contributed by atoms with Gasteiger partial charge in [-0.2, -0.15) is 0 Å². The summed E-state index contributed by atoms with van der Waals surface area (Å²) in [6.07, 6.45) is 2.98.